The summed E-state index contributed by atoms with van der Waals surface area (Å²) in [4.78, 5) is 7.72. The number of H-pyrrole nitrogens is 1. The zero-order chi connectivity index (χ0) is 14.9. The van der Waals surface area contributed by atoms with Crippen molar-refractivity contribution in [2.75, 3.05) is 7.11 Å². The molecule has 3 nitrogen and oxygen atoms in total. The van der Waals surface area contributed by atoms with Gasteiger partial charge in [0.2, 0.25) is 0 Å². The lowest BCUT2D eigenvalue weighted by Gasteiger charge is -2.10. The van der Waals surface area contributed by atoms with Gasteiger partial charge in [-0.25, -0.2) is 4.98 Å². The number of ether oxygens (including phenoxy) is 1. The number of aromatic nitrogens is 2. The van der Waals surface area contributed by atoms with Crippen LogP contribution in [0.2, 0.25) is 0 Å². The third-order valence-electron chi connectivity index (χ3n) is 2.93. The van der Waals surface area contributed by atoms with E-state index in [1.165, 1.54) is 0 Å². The topological polar surface area (TPSA) is 37.9 Å². The molecule has 1 N–H and O–H groups in total. The molecule has 0 atom stereocenters. The molecule has 0 aliphatic carbocycles. The fourth-order valence-electron chi connectivity index (χ4n) is 1.97. The predicted octanol–water partition coefficient (Wildman–Crippen LogP) is 5.09. The van der Waals surface area contributed by atoms with Crippen molar-refractivity contribution in [1.82, 2.24) is 9.97 Å². The number of benzene rings is 1. The van der Waals surface area contributed by atoms with E-state index in [9.17, 15) is 0 Å². The smallest absolute Gasteiger partial charge is 0.144 e. The Labute approximate surface area is 140 Å². The van der Waals surface area contributed by atoms with E-state index in [0.717, 1.165) is 37.2 Å². The lowest BCUT2D eigenvalue weighted by Crippen LogP contribution is -2.00. The normalized spacial score (nSPS) is 10.8. The molecule has 1 aromatic heterocycles. The fourth-order valence-corrected chi connectivity index (χ4v) is 2.71. The molecule has 106 valence electrons. The summed E-state index contributed by atoms with van der Waals surface area (Å²) in [5, 5.41) is 0. The maximum absolute atomic E-state index is 5.29. The third-order valence-corrected chi connectivity index (χ3v) is 5.60. The van der Waals surface area contributed by atoms with Gasteiger partial charge in [-0.3, -0.25) is 0 Å². The van der Waals surface area contributed by atoms with Crippen molar-refractivity contribution in [3.63, 3.8) is 0 Å². The van der Waals surface area contributed by atoms with Gasteiger partial charge >= 0.3 is 0 Å². The molecule has 1 heterocycles. The van der Waals surface area contributed by atoms with Crippen LogP contribution in [0.1, 0.15) is 16.8 Å². The quantitative estimate of drug-likeness (QED) is 0.706. The maximum atomic E-state index is 5.29. The second-order valence-electron chi connectivity index (χ2n) is 4.54. The summed E-state index contributed by atoms with van der Waals surface area (Å²) in [6.07, 6.45) is 0. The molecular formula is C14H14Br2N2OS. The minimum Gasteiger partial charge on any atom is -0.378 e. The Morgan fingerprint density at radius 3 is 2.35 bits per heavy atom. The molecule has 0 spiro atoms. The van der Waals surface area contributed by atoms with Gasteiger partial charge in [-0.1, -0.05) is 28.1 Å². The van der Waals surface area contributed by atoms with Gasteiger partial charge in [-0.15, -0.1) is 0 Å². The summed E-state index contributed by atoms with van der Waals surface area (Å²) in [6.45, 7) is 4.57. The molecule has 0 saturated heterocycles. The third kappa shape index (κ3) is 3.19. The van der Waals surface area contributed by atoms with Crippen LogP contribution in [0, 0.1) is 18.5 Å². The zero-order valence-corrected chi connectivity index (χ0v) is 15.4. The van der Waals surface area contributed by atoms with Crippen LogP contribution in [0.3, 0.4) is 0 Å². The van der Waals surface area contributed by atoms with Crippen LogP contribution in [-0.4, -0.2) is 17.1 Å². The van der Waals surface area contributed by atoms with Gasteiger partial charge < -0.3 is 9.72 Å². The molecule has 0 aliphatic heterocycles. The Morgan fingerprint density at radius 2 is 1.80 bits per heavy atom. The number of aromatic amines is 1. The van der Waals surface area contributed by atoms with E-state index in [1.807, 2.05) is 0 Å². The van der Waals surface area contributed by atoms with Gasteiger partial charge in [-0.05, 0) is 53.0 Å². The van der Waals surface area contributed by atoms with Crippen molar-refractivity contribution < 1.29 is 4.74 Å². The number of aryl methyl sites for hydroxylation is 2. The Morgan fingerprint density at radius 1 is 1.20 bits per heavy atom. The summed E-state index contributed by atoms with van der Waals surface area (Å²) in [5.41, 5.74) is 4.23. The average molecular weight is 418 g/mol. The highest BCUT2D eigenvalue weighted by molar-refractivity contribution is 9.10. The predicted molar refractivity (Wildman–Crippen MR) is 90.4 cm³/mol. The molecule has 0 unspecified atom stereocenters. The Balaban J connectivity index is 2.61. The minimum absolute atomic E-state index is 0.453. The van der Waals surface area contributed by atoms with Crippen molar-refractivity contribution in [2.24, 2.45) is 0 Å². The number of halogens is 2. The highest BCUT2D eigenvalue weighted by Gasteiger charge is 2.10. The largest absolute Gasteiger partial charge is 0.378 e. The average Bonchev–Trinajstić information content (AvgIpc) is 2.40. The molecule has 1 aromatic carbocycles. The molecule has 0 amide bonds. The van der Waals surface area contributed by atoms with E-state index in [2.05, 4.69) is 67.8 Å². The highest BCUT2D eigenvalue weighted by atomic mass is 79.9. The number of nitrogens with zero attached hydrogens (tertiary/aromatic N) is 1. The maximum Gasteiger partial charge on any atom is 0.144 e. The van der Waals surface area contributed by atoms with E-state index in [0.29, 0.717) is 11.2 Å². The van der Waals surface area contributed by atoms with Crippen LogP contribution in [0.15, 0.2) is 21.1 Å². The Bertz CT molecular complexity index is 690. The number of hydrogen-bond acceptors (Lipinski definition) is 3. The van der Waals surface area contributed by atoms with E-state index in [4.69, 9.17) is 17.0 Å². The molecule has 0 saturated carbocycles. The zero-order valence-electron chi connectivity index (χ0n) is 11.4. The van der Waals surface area contributed by atoms with Crippen LogP contribution in [0.25, 0.3) is 11.4 Å². The molecule has 2 aromatic rings. The van der Waals surface area contributed by atoms with E-state index in [-0.39, 0.29) is 0 Å². The molecule has 2 rings (SSSR count). The van der Waals surface area contributed by atoms with Gasteiger partial charge in [0.25, 0.3) is 0 Å². The van der Waals surface area contributed by atoms with Crippen molar-refractivity contribution in [3.05, 3.63) is 42.5 Å². The molecule has 20 heavy (non-hydrogen) atoms. The monoisotopic (exact) mass is 416 g/mol. The number of hydrogen-bond donors (Lipinski definition) is 1. The van der Waals surface area contributed by atoms with E-state index in [1.54, 1.807) is 7.11 Å². The fraction of sp³-hybridized carbons (Fsp3) is 0.286. The first-order valence-electron chi connectivity index (χ1n) is 5.98. The molecular weight excluding hydrogens is 404 g/mol. The second-order valence-corrected chi connectivity index (χ2v) is 6.51. The summed E-state index contributed by atoms with van der Waals surface area (Å²) < 4.78 is 7.61. The number of nitrogens with one attached hydrogen (secondary N) is 1. The molecule has 0 aliphatic rings. The minimum atomic E-state index is 0.453. The van der Waals surface area contributed by atoms with Gasteiger partial charge in [0, 0.05) is 17.1 Å². The summed E-state index contributed by atoms with van der Waals surface area (Å²) in [5.74, 6) is 0.754. The van der Waals surface area contributed by atoms with Gasteiger partial charge in [0.1, 0.15) is 10.5 Å². The van der Waals surface area contributed by atoms with Crippen LogP contribution < -0.4 is 0 Å². The van der Waals surface area contributed by atoms with Crippen molar-refractivity contribution in [3.8, 4) is 11.4 Å². The molecule has 0 bridgehead atoms. The molecule has 0 radical (unpaired) electrons. The SMILES string of the molecule is COCc1[nH]c(-c2cc(C)c(Br)c(C)c2)nc(=S)c1Br. The van der Waals surface area contributed by atoms with Gasteiger partial charge in [-0.2, -0.15) is 0 Å². The van der Waals surface area contributed by atoms with Crippen molar-refractivity contribution in [1.29, 1.82) is 0 Å². The van der Waals surface area contributed by atoms with Crippen LogP contribution in [0.4, 0.5) is 0 Å². The van der Waals surface area contributed by atoms with Crippen LogP contribution in [-0.2, 0) is 11.3 Å². The number of methoxy groups -OCH3 is 1. The van der Waals surface area contributed by atoms with Crippen molar-refractivity contribution >= 4 is 44.1 Å². The molecule has 0 fully saturated rings. The Kier molecular flexibility index (Phi) is 5.12. The second kappa shape index (κ2) is 6.47. The van der Waals surface area contributed by atoms with Gasteiger partial charge in [0.05, 0.1) is 16.8 Å². The number of rotatable bonds is 3. The van der Waals surface area contributed by atoms with Crippen LogP contribution >= 0.6 is 44.1 Å². The van der Waals surface area contributed by atoms with Crippen LogP contribution in [0.5, 0.6) is 0 Å². The first-order valence-corrected chi connectivity index (χ1v) is 7.98. The van der Waals surface area contributed by atoms with Crippen molar-refractivity contribution in [2.45, 2.75) is 20.5 Å². The summed E-state index contributed by atoms with van der Waals surface area (Å²) in [6, 6.07) is 4.16. The van der Waals surface area contributed by atoms with Gasteiger partial charge in [0.15, 0.2) is 0 Å². The first-order chi connectivity index (χ1) is 9.43. The van der Waals surface area contributed by atoms with E-state index < -0.39 is 0 Å². The lowest BCUT2D eigenvalue weighted by molar-refractivity contribution is 0.181. The summed E-state index contributed by atoms with van der Waals surface area (Å²) >= 11 is 12.3. The molecule has 6 heteroatoms. The summed E-state index contributed by atoms with van der Waals surface area (Å²) in [7, 11) is 1.65. The lowest BCUT2D eigenvalue weighted by atomic mass is 10.1. The van der Waals surface area contributed by atoms with E-state index >= 15 is 0 Å². The Hall–Kier alpha value is -0.560. The standard InChI is InChI=1S/C14H14Br2N2OS/c1-7-4-9(5-8(2)11(7)15)13-17-10(6-19-3)12(16)14(20)18-13/h4-5H,6H2,1-3H3,(H,17,18,20). The first kappa shape index (κ1) is 15.8. The highest BCUT2D eigenvalue weighted by Crippen LogP contribution is 2.28.